The van der Waals surface area contributed by atoms with Crippen LogP contribution in [-0.2, 0) is 14.4 Å². The number of carboxylic acid groups (broad SMARTS) is 2. The van der Waals surface area contributed by atoms with Crippen molar-refractivity contribution in [2.24, 2.45) is 0 Å². The zero-order valence-electron chi connectivity index (χ0n) is 37.0. The Kier molecular flexibility index (Phi) is 62.1. The van der Waals surface area contributed by atoms with Crippen LogP contribution >= 0.6 is 43.5 Å². The van der Waals surface area contributed by atoms with E-state index in [1.807, 2.05) is 0 Å². The van der Waals surface area contributed by atoms with Gasteiger partial charge in [-0.1, -0.05) is 244 Å². The van der Waals surface area contributed by atoms with Crippen LogP contribution in [0.25, 0.3) is 0 Å². The Morgan fingerprint density at radius 1 is 0.298 bits per heavy atom. The fraction of sp³-hybridized carbons (Fsp3) is 0.938. The maximum atomic E-state index is 10.5. The zero-order chi connectivity index (χ0) is 42.6. The van der Waals surface area contributed by atoms with Crippen molar-refractivity contribution in [2.75, 3.05) is 17.3 Å². The summed E-state index contributed by atoms with van der Waals surface area (Å²) in [4.78, 5) is 31.1. The molecule has 0 bridgehead atoms. The average molecular weight is 962 g/mol. The molecule has 0 rings (SSSR count). The van der Waals surface area contributed by atoms with Crippen LogP contribution in [0.4, 0.5) is 0 Å². The minimum absolute atomic E-state index is 0.184. The number of halogens is 3. The van der Waals surface area contributed by atoms with Crippen molar-refractivity contribution in [2.45, 2.75) is 270 Å². The number of hydrogen-bond acceptors (Lipinski definition) is 4. The lowest BCUT2D eigenvalue weighted by Gasteiger charge is -2.02. The van der Waals surface area contributed by atoms with Crippen LogP contribution in [0.2, 0.25) is 0 Å². The number of carbonyl (C=O) groups excluding carboxylic acids is 1. The number of rotatable bonds is 45. The van der Waals surface area contributed by atoms with Crippen molar-refractivity contribution >= 4 is 60.6 Å². The monoisotopic (exact) mass is 959 g/mol. The van der Waals surface area contributed by atoms with E-state index in [-0.39, 0.29) is 5.24 Å². The van der Waals surface area contributed by atoms with Gasteiger partial charge in [0.05, 0.1) is 0 Å². The third-order valence-corrected chi connectivity index (χ3v) is 11.9. The maximum Gasteiger partial charge on any atom is 0.303 e. The van der Waals surface area contributed by atoms with Crippen LogP contribution < -0.4 is 0 Å². The Labute approximate surface area is 375 Å². The van der Waals surface area contributed by atoms with E-state index in [0.717, 1.165) is 55.6 Å². The second-order valence-corrected chi connectivity index (χ2v) is 18.3. The van der Waals surface area contributed by atoms with Crippen molar-refractivity contribution in [3.63, 3.8) is 0 Å². The van der Waals surface area contributed by atoms with Gasteiger partial charge >= 0.3 is 11.9 Å². The first kappa shape index (κ1) is 61.1. The largest absolute Gasteiger partial charge is 0.481 e. The lowest BCUT2D eigenvalue weighted by molar-refractivity contribution is -0.138. The van der Waals surface area contributed by atoms with E-state index in [0.29, 0.717) is 25.9 Å². The van der Waals surface area contributed by atoms with Gasteiger partial charge in [0, 0.05) is 36.5 Å². The summed E-state index contributed by atoms with van der Waals surface area (Å²) in [6, 6.07) is 0. The van der Waals surface area contributed by atoms with Crippen LogP contribution in [0.15, 0.2) is 0 Å². The molecular weight excluding hydrogens is 868 g/mol. The Bertz CT molecular complexity index is 688. The van der Waals surface area contributed by atoms with Gasteiger partial charge < -0.3 is 15.3 Å². The zero-order valence-corrected chi connectivity index (χ0v) is 40.9. The maximum absolute atomic E-state index is 10.5. The molecule has 0 spiro atoms. The number of aliphatic carboxylic acids is 2. The highest BCUT2D eigenvalue weighted by molar-refractivity contribution is 9.09. The number of carbonyl (C=O) groups is 3. The summed E-state index contributed by atoms with van der Waals surface area (Å²) in [5.41, 5.74) is 0. The Morgan fingerprint density at radius 3 is 0.649 bits per heavy atom. The number of alkyl halides is 2. The molecule has 0 aromatic rings. The Balaban J connectivity index is -0.000000767. The molecular formula is C48H93Br2ClO6. The van der Waals surface area contributed by atoms with Gasteiger partial charge in [-0.2, -0.15) is 0 Å². The molecule has 0 atom stereocenters. The Morgan fingerprint density at radius 2 is 0.474 bits per heavy atom. The molecule has 0 saturated carbocycles. The standard InChI is InChI=1S/C16H30BrClO.C16H31BrO2.C16H32O3/c3*17-15-13-11-9-7-5-3-1-2-4-6-8-10-12-14-16(18)19/h1-15H2;1-15H2,(H,18,19);17H,1-15H2,(H,18,19). The molecule has 342 valence electrons. The van der Waals surface area contributed by atoms with Crippen molar-refractivity contribution in [1.82, 2.24) is 0 Å². The van der Waals surface area contributed by atoms with Gasteiger partial charge in [-0.05, 0) is 50.1 Å². The van der Waals surface area contributed by atoms with Crippen LogP contribution in [-0.4, -0.2) is 49.8 Å². The van der Waals surface area contributed by atoms with E-state index in [1.54, 1.807) is 0 Å². The molecule has 9 heteroatoms. The van der Waals surface area contributed by atoms with Gasteiger partial charge in [-0.3, -0.25) is 14.4 Å². The number of unbranched alkanes of at least 4 members (excludes halogenated alkanes) is 36. The molecule has 0 fully saturated rings. The lowest BCUT2D eigenvalue weighted by atomic mass is 10.0. The highest BCUT2D eigenvalue weighted by Gasteiger charge is 2.00. The minimum atomic E-state index is -0.668. The van der Waals surface area contributed by atoms with E-state index in [2.05, 4.69) is 31.9 Å². The molecule has 6 nitrogen and oxygen atoms in total. The van der Waals surface area contributed by atoms with E-state index in [9.17, 15) is 14.4 Å². The van der Waals surface area contributed by atoms with Gasteiger partial charge in [-0.15, -0.1) is 0 Å². The summed E-state index contributed by atoms with van der Waals surface area (Å²) in [5, 5.41) is 27.8. The summed E-state index contributed by atoms with van der Waals surface area (Å²) in [5.74, 6) is -1.32. The Hall–Kier alpha value is -0.180. The normalized spacial score (nSPS) is 10.8. The number of aliphatic hydroxyl groups is 1. The van der Waals surface area contributed by atoms with Crippen molar-refractivity contribution in [1.29, 1.82) is 0 Å². The van der Waals surface area contributed by atoms with Gasteiger partial charge in [0.2, 0.25) is 5.24 Å². The summed E-state index contributed by atoms with van der Waals surface area (Å²) in [7, 11) is 0. The molecule has 0 radical (unpaired) electrons. The van der Waals surface area contributed by atoms with Crippen LogP contribution in [0.5, 0.6) is 0 Å². The fourth-order valence-electron chi connectivity index (χ4n) is 6.95. The molecule has 0 unspecified atom stereocenters. The smallest absolute Gasteiger partial charge is 0.303 e. The third-order valence-electron chi connectivity index (χ3n) is 10.6. The molecule has 0 amide bonds. The quantitative estimate of drug-likeness (QED) is 0.0318. The first-order valence-electron chi connectivity index (χ1n) is 24.2. The van der Waals surface area contributed by atoms with E-state index < -0.39 is 11.9 Å². The molecule has 0 heterocycles. The molecule has 0 aliphatic heterocycles. The first-order valence-corrected chi connectivity index (χ1v) is 26.8. The highest BCUT2D eigenvalue weighted by atomic mass is 79.9. The van der Waals surface area contributed by atoms with Crippen LogP contribution in [0.3, 0.4) is 0 Å². The van der Waals surface area contributed by atoms with E-state index in [1.165, 1.54) is 205 Å². The van der Waals surface area contributed by atoms with Gasteiger partial charge in [0.25, 0.3) is 0 Å². The second kappa shape index (κ2) is 57.9. The average Bonchev–Trinajstić information content (AvgIpc) is 3.18. The first-order chi connectivity index (χ1) is 27.8. The SMILES string of the molecule is O=C(Cl)CCCCCCCCCCCCCCCBr.O=C(O)CCCCCCCCCCCCCCCBr.O=C(O)CCCCCCCCCCCCCCCO. The van der Waals surface area contributed by atoms with Crippen LogP contribution in [0.1, 0.15) is 270 Å². The van der Waals surface area contributed by atoms with Crippen molar-refractivity contribution < 1.29 is 29.7 Å². The van der Waals surface area contributed by atoms with Crippen molar-refractivity contribution in [3.05, 3.63) is 0 Å². The molecule has 0 saturated heterocycles. The number of carboxylic acids is 2. The summed E-state index contributed by atoms with van der Waals surface area (Å²) >= 11 is 12.2. The summed E-state index contributed by atoms with van der Waals surface area (Å²) in [6.07, 6.45) is 51.0. The van der Waals surface area contributed by atoms with Gasteiger partial charge in [-0.25, -0.2) is 0 Å². The molecule has 0 aliphatic rings. The van der Waals surface area contributed by atoms with Gasteiger partial charge in [0.1, 0.15) is 0 Å². The molecule has 0 aromatic carbocycles. The topological polar surface area (TPSA) is 112 Å². The fourth-order valence-corrected chi connectivity index (χ4v) is 7.88. The highest BCUT2D eigenvalue weighted by Crippen LogP contribution is 2.16. The summed E-state index contributed by atoms with van der Waals surface area (Å²) in [6.45, 7) is 0.340. The lowest BCUT2D eigenvalue weighted by Crippen LogP contribution is -1.93. The van der Waals surface area contributed by atoms with Crippen molar-refractivity contribution in [3.8, 4) is 0 Å². The predicted octanol–water partition coefficient (Wildman–Crippen LogP) is 17.1. The number of aliphatic hydroxyl groups excluding tert-OH is 1. The molecule has 3 N–H and O–H groups in total. The second-order valence-electron chi connectivity index (χ2n) is 16.3. The van der Waals surface area contributed by atoms with Gasteiger partial charge in [0.15, 0.2) is 0 Å². The summed E-state index contributed by atoms with van der Waals surface area (Å²) < 4.78 is 0. The third kappa shape index (κ3) is 70.7. The number of hydrogen-bond donors (Lipinski definition) is 3. The molecule has 57 heavy (non-hydrogen) atoms. The van der Waals surface area contributed by atoms with E-state index in [4.69, 9.17) is 26.9 Å². The van der Waals surface area contributed by atoms with E-state index >= 15 is 0 Å². The van der Waals surface area contributed by atoms with Crippen LogP contribution in [0, 0.1) is 0 Å². The molecule has 0 aliphatic carbocycles. The predicted molar refractivity (Wildman–Crippen MR) is 255 cm³/mol. The minimum Gasteiger partial charge on any atom is -0.481 e. The molecule has 0 aromatic heterocycles.